The van der Waals surface area contributed by atoms with Crippen molar-refractivity contribution in [2.45, 2.75) is 12.1 Å². The molecular formula is C6H11Cl2N3O3. The van der Waals surface area contributed by atoms with Gasteiger partial charge in [0.25, 0.3) is 0 Å². The maximum Gasteiger partial charge on any atom is 0.323 e. The summed E-state index contributed by atoms with van der Waals surface area (Å²) in [5, 5.41) is 17.7. The van der Waals surface area contributed by atoms with Crippen LogP contribution in [0.25, 0.3) is 0 Å². The fourth-order valence-corrected chi connectivity index (χ4v) is 0.757. The Kier molecular flexibility index (Phi) is 7.38. The monoisotopic (exact) mass is 243 g/mol. The number of rotatable bonds is 3. The van der Waals surface area contributed by atoms with E-state index in [0.717, 1.165) is 0 Å². The number of nitrogens with one attached hydrogen (secondary N) is 1. The molecule has 0 aliphatic rings. The molecule has 5 N–H and O–H groups in total. The SMILES string of the molecule is Cl.Cl.NC(C(=O)O)C(O)c1cnc[nH]1. The van der Waals surface area contributed by atoms with Gasteiger partial charge in [-0.05, 0) is 0 Å². The first-order chi connectivity index (χ1) is 5.63. The van der Waals surface area contributed by atoms with E-state index < -0.39 is 18.1 Å². The Hall–Kier alpha value is -0.820. The summed E-state index contributed by atoms with van der Waals surface area (Å²) in [4.78, 5) is 16.5. The van der Waals surface area contributed by atoms with Gasteiger partial charge >= 0.3 is 5.97 Å². The number of aliphatic carboxylic acids is 1. The summed E-state index contributed by atoms with van der Waals surface area (Å²) >= 11 is 0. The molecule has 0 aliphatic heterocycles. The summed E-state index contributed by atoms with van der Waals surface area (Å²) in [6.07, 6.45) is 1.42. The van der Waals surface area contributed by atoms with Crippen LogP contribution in [-0.2, 0) is 4.79 Å². The van der Waals surface area contributed by atoms with Crippen LogP contribution < -0.4 is 5.73 Å². The van der Waals surface area contributed by atoms with E-state index in [2.05, 4.69) is 9.97 Å². The number of nitrogens with zero attached hydrogens (tertiary/aromatic N) is 1. The van der Waals surface area contributed by atoms with E-state index in [4.69, 9.17) is 10.8 Å². The van der Waals surface area contributed by atoms with Crippen molar-refractivity contribution in [1.82, 2.24) is 9.97 Å². The van der Waals surface area contributed by atoms with Gasteiger partial charge in [0.1, 0.15) is 12.1 Å². The highest BCUT2D eigenvalue weighted by molar-refractivity contribution is 5.85. The number of aliphatic hydroxyl groups excluding tert-OH is 1. The molecule has 0 fully saturated rings. The van der Waals surface area contributed by atoms with E-state index in [1.54, 1.807) is 0 Å². The van der Waals surface area contributed by atoms with Crippen LogP contribution in [0.5, 0.6) is 0 Å². The minimum Gasteiger partial charge on any atom is -0.480 e. The molecule has 1 aromatic rings. The van der Waals surface area contributed by atoms with Gasteiger partial charge < -0.3 is 20.9 Å². The Bertz CT molecular complexity index is 267. The molecule has 2 atom stereocenters. The lowest BCUT2D eigenvalue weighted by molar-refractivity contribution is -0.141. The second-order valence-electron chi connectivity index (χ2n) is 2.32. The molecule has 0 saturated heterocycles. The number of carboxylic acid groups (broad SMARTS) is 1. The third-order valence-electron chi connectivity index (χ3n) is 1.46. The van der Waals surface area contributed by atoms with Gasteiger partial charge in [0.15, 0.2) is 0 Å². The minimum atomic E-state index is -1.33. The molecule has 14 heavy (non-hydrogen) atoms. The largest absolute Gasteiger partial charge is 0.480 e. The first-order valence-corrected chi connectivity index (χ1v) is 3.27. The van der Waals surface area contributed by atoms with E-state index in [1.165, 1.54) is 12.5 Å². The van der Waals surface area contributed by atoms with Crippen molar-refractivity contribution in [1.29, 1.82) is 0 Å². The van der Waals surface area contributed by atoms with E-state index in [0.29, 0.717) is 5.69 Å². The first kappa shape index (κ1) is 15.6. The van der Waals surface area contributed by atoms with E-state index in [1.807, 2.05) is 0 Å². The summed E-state index contributed by atoms with van der Waals surface area (Å²) < 4.78 is 0. The summed E-state index contributed by atoms with van der Waals surface area (Å²) in [6, 6.07) is -1.33. The number of hydrogen-bond donors (Lipinski definition) is 4. The predicted molar refractivity (Wildman–Crippen MR) is 53.7 cm³/mol. The van der Waals surface area contributed by atoms with Gasteiger partial charge in [-0.25, -0.2) is 4.98 Å². The van der Waals surface area contributed by atoms with E-state index in [-0.39, 0.29) is 24.8 Å². The van der Waals surface area contributed by atoms with Crippen LogP contribution in [0.4, 0.5) is 0 Å². The van der Waals surface area contributed by atoms with Gasteiger partial charge in [0, 0.05) is 0 Å². The van der Waals surface area contributed by atoms with Gasteiger partial charge in [-0.3, -0.25) is 4.79 Å². The first-order valence-electron chi connectivity index (χ1n) is 3.27. The molecule has 2 unspecified atom stereocenters. The molecule has 0 aromatic carbocycles. The van der Waals surface area contributed by atoms with Crippen LogP contribution in [-0.4, -0.2) is 32.2 Å². The van der Waals surface area contributed by atoms with Crippen molar-refractivity contribution in [3.63, 3.8) is 0 Å². The van der Waals surface area contributed by atoms with Gasteiger partial charge in [0.05, 0.1) is 18.2 Å². The van der Waals surface area contributed by atoms with Crippen molar-refractivity contribution in [2.24, 2.45) is 5.73 Å². The summed E-state index contributed by atoms with van der Waals surface area (Å²) in [6.45, 7) is 0. The van der Waals surface area contributed by atoms with Gasteiger partial charge in [-0.2, -0.15) is 0 Å². The molecule has 0 spiro atoms. The highest BCUT2D eigenvalue weighted by atomic mass is 35.5. The molecule has 1 heterocycles. The molecule has 6 nitrogen and oxygen atoms in total. The molecule has 0 saturated carbocycles. The second-order valence-corrected chi connectivity index (χ2v) is 2.32. The molecule has 1 rings (SSSR count). The number of aromatic nitrogens is 2. The fourth-order valence-electron chi connectivity index (χ4n) is 0.757. The maximum absolute atomic E-state index is 10.3. The molecule has 82 valence electrons. The lowest BCUT2D eigenvalue weighted by Crippen LogP contribution is -2.36. The van der Waals surface area contributed by atoms with Crippen LogP contribution in [0, 0.1) is 0 Å². The minimum absolute atomic E-state index is 0. The summed E-state index contributed by atoms with van der Waals surface area (Å²) in [5.74, 6) is -1.25. The van der Waals surface area contributed by atoms with E-state index >= 15 is 0 Å². The normalized spacial score (nSPS) is 13.3. The molecule has 0 aliphatic carbocycles. The van der Waals surface area contributed by atoms with Crippen LogP contribution in [0.1, 0.15) is 11.8 Å². The lowest BCUT2D eigenvalue weighted by atomic mass is 10.1. The molecular weight excluding hydrogens is 233 g/mol. The molecule has 0 amide bonds. The van der Waals surface area contributed by atoms with Crippen molar-refractivity contribution >= 4 is 30.8 Å². The number of carbonyl (C=O) groups is 1. The maximum atomic E-state index is 10.3. The Labute approximate surface area is 92.4 Å². The quantitative estimate of drug-likeness (QED) is 0.583. The van der Waals surface area contributed by atoms with Crippen LogP contribution in [0.15, 0.2) is 12.5 Å². The van der Waals surface area contributed by atoms with Crippen molar-refractivity contribution in [3.8, 4) is 0 Å². The van der Waals surface area contributed by atoms with Gasteiger partial charge in [-0.15, -0.1) is 24.8 Å². The number of aromatic amines is 1. The average molecular weight is 244 g/mol. The Morgan fingerprint density at radius 1 is 1.57 bits per heavy atom. The molecule has 8 heteroatoms. The van der Waals surface area contributed by atoms with E-state index in [9.17, 15) is 9.90 Å². The number of hydrogen-bond acceptors (Lipinski definition) is 4. The van der Waals surface area contributed by atoms with Gasteiger partial charge in [-0.1, -0.05) is 0 Å². The third-order valence-corrected chi connectivity index (χ3v) is 1.46. The zero-order chi connectivity index (χ0) is 9.14. The fraction of sp³-hybridized carbons (Fsp3) is 0.333. The van der Waals surface area contributed by atoms with Crippen molar-refractivity contribution < 1.29 is 15.0 Å². The highest BCUT2D eigenvalue weighted by Crippen LogP contribution is 2.11. The van der Waals surface area contributed by atoms with Crippen molar-refractivity contribution in [2.75, 3.05) is 0 Å². The Morgan fingerprint density at radius 3 is 2.50 bits per heavy atom. The van der Waals surface area contributed by atoms with Gasteiger partial charge in [0.2, 0.25) is 0 Å². The Balaban J connectivity index is 0. The summed E-state index contributed by atoms with van der Waals surface area (Å²) in [7, 11) is 0. The lowest BCUT2D eigenvalue weighted by Gasteiger charge is -2.12. The van der Waals surface area contributed by atoms with Crippen LogP contribution in [0.2, 0.25) is 0 Å². The topological polar surface area (TPSA) is 112 Å². The smallest absolute Gasteiger partial charge is 0.323 e. The molecule has 0 bridgehead atoms. The van der Waals surface area contributed by atoms with Crippen LogP contribution in [0.3, 0.4) is 0 Å². The number of imidazole rings is 1. The number of halogens is 2. The highest BCUT2D eigenvalue weighted by Gasteiger charge is 2.24. The second kappa shape index (κ2) is 6.61. The number of H-pyrrole nitrogens is 1. The predicted octanol–water partition coefficient (Wildman–Crippen LogP) is -0.301. The van der Waals surface area contributed by atoms with Crippen LogP contribution >= 0.6 is 24.8 Å². The zero-order valence-corrected chi connectivity index (χ0v) is 8.59. The molecule has 0 radical (unpaired) electrons. The van der Waals surface area contributed by atoms with Crippen molar-refractivity contribution in [3.05, 3.63) is 18.2 Å². The number of aliphatic hydroxyl groups is 1. The zero-order valence-electron chi connectivity index (χ0n) is 6.95. The summed E-state index contributed by atoms with van der Waals surface area (Å²) in [5.41, 5.74) is 5.45. The third kappa shape index (κ3) is 3.51. The standard InChI is InChI=1S/C6H9N3O3.2ClH/c7-4(6(11)12)5(10)3-1-8-2-9-3;;/h1-2,4-5,10H,7H2,(H,8,9)(H,11,12);2*1H. The number of nitrogens with two attached hydrogens (primary N) is 1. The number of carboxylic acids is 1. The average Bonchev–Trinajstić information content (AvgIpc) is 2.53. The molecule has 1 aromatic heterocycles. The Morgan fingerprint density at radius 2 is 2.14 bits per heavy atom.